The van der Waals surface area contributed by atoms with Crippen molar-refractivity contribution in [3.05, 3.63) is 41.2 Å². The Morgan fingerprint density at radius 1 is 1.30 bits per heavy atom. The first-order valence-electron chi connectivity index (χ1n) is 5.68. The zero-order valence-electron chi connectivity index (χ0n) is 10.8. The highest BCUT2D eigenvalue weighted by atomic mass is 32.2. The van der Waals surface area contributed by atoms with Crippen LogP contribution in [-0.4, -0.2) is 29.5 Å². The number of H-pyrrole nitrogens is 1. The molecule has 8 heteroatoms. The molecule has 0 aliphatic heterocycles. The van der Waals surface area contributed by atoms with Crippen LogP contribution in [0.25, 0.3) is 0 Å². The number of aryl methyl sites for hydroxylation is 2. The third-order valence-electron chi connectivity index (χ3n) is 2.77. The van der Waals surface area contributed by atoms with Crippen LogP contribution < -0.4 is 4.72 Å². The smallest absolute Gasteiger partial charge is 0.335 e. The highest BCUT2D eigenvalue weighted by Crippen LogP contribution is 2.22. The fraction of sp³-hybridized carbons (Fsp3) is 0.167. The Morgan fingerprint density at radius 3 is 2.55 bits per heavy atom. The van der Waals surface area contributed by atoms with E-state index in [1.54, 1.807) is 13.8 Å². The molecule has 3 N–H and O–H groups in total. The summed E-state index contributed by atoms with van der Waals surface area (Å²) in [7, 11) is -3.89. The number of carboxylic acid groups (broad SMARTS) is 1. The van der Waals surface area contributed by atoms with Crippen molar-refractivity contribution in [2.75, 3.05) is 4.72 Å². The Labute approximate surface area is 115 Å². The number of benzene rings is 1. The van der Waals surface area contributed by atoms with Gasteiger partial charge in [-0.3, -0.25) is 0 Å². The molecular weight excluding hydrogens is 282 g/mol. The quantitative estimate of drug-likeness (QED) is 0.791. The Morgan fingerprint density at radius 2 is 2.00 bits per heavy atom. The summed E-state index contributed by atoms with van der Waals surface area (Å²) in [6, 6.07) is 2.68. The number of aromatic amines is 1. The van der Waals surface area contributed by atoms with Crippen molar-refractivity contribution < 1.29 is 18.3 Å². The van der Waals surface area contributed by atoms with Gasteiger partial charge in [-0.15, -0.1) is 0 Å². The summed E-state index contributed by atoms with van der Waals surface area (Å²) in [5, 5.41) is 9.07. The topological polar surface area (TPSA) is 112 Å². The SMILES string of the molecule is Cc1cc(C)c(S(=O)(=O)Nc2ncc[nH]2)cc1C(=O)O. The lowest BCUT2D eigenvalue weighted by atomic mass is 10.1. The van der Waals surface area contributed by atoms with Gasteiger partial charge in [-0.05, 0) is 31.0 Å². The number of carbonyl (C=O) groups is 1. The van der Waals surface area contributed by atoms with Gasteiger partial charge in [-0.2, -0.15) is 0 Å². The average Bonchev–Trinajstić information content (AvgIpc) is 2.79. The molecule has 2 aromatic rings. The summed E-state index contributed by atoms with van der Waals surface area (Å²) in [5.41, 5.74) is 0.925. The van der Waals surface area contributed by atoms with Crippen molar-refractivity contribution in [3.8, 4) is 0 Å². The molecule has 0 amide bonds. The number of rotatable bonds is 4. The van der Waals surface area contributed by atoms with E-state index >= 15 is 0 Å². The second kappa shape index (κ2) is 4.97. The number of aromatic nitrogens is 2. The van der Waals surface area contributed by atoms with Crippen LogP contribution in [0.1, 0.15) is 21.5 Å². The maximum atomic E-state index is 12.2. The van der Waals surface area contributed by atoms with Gasteiger partial charge >= 0.3 is 5.97 Å². The van der Waals surface area contributed by atoms with Gasteiger partial charge in [0.25, 0.3) is 10.0 Å². The molecule has 0 aliphatic rings. The van der Waals surface area contributed by atoms with Gasteiger partial charge in [0.2, 0.25) is 5.95 Å². The van der Waals surface area contributed by atoms with Crippen LogP contribution in [0.2, 0.25) is 0 Å². The van der Waals surface area contributed by atoms with Gasteiger partial charge in [-0.25, -0.2) is 22.9 Å². The van der Waals surface area contributed by atoms with Crippen LogP contribution in [-0.2, 0) is 10.0 Å². The van der Waals surface area contributed by atoms with E-state index in [-0.39, 0.29) is 16.4 Å². The molecular formula is C12H13N3O4S. The minimum absolute atomic E-state index is 0.0459. The highest BCUT2D eigenvalue weighted by molar-refractivity contribution is 7.92. The molecule has 0 fully saturated rings. The Hall–Kier alpha value is -2.35. The van der Waals surface area contributed by atoms with Crippen molar-refractivity contribution in [3.63, 3.8) is 0 Å². The molecule has 106 valence electrons. The monoisotopic (exact) mass is 295 g/mol. The largest absolute Gasteiger partial charge is 0.478 e. The molecule has 2 rings (SSSR count). The number of hydrogen-bond donors (Lipinski definition) is 3. The van der Waals surface area contributed by atoms with Crippen molar-refractivity contribution in [1.29, 1.82) is 0 Å². The third-order valence-corrected chi connectivity index (χ3v) is 4.25. The molecule has 0 unspecified atom stereocenters. The van der Waals surface area contributed by atoms with E-state index in [1.807, 2.05) is 0 Å². The summed E-state index contributed by atoms with van der Waals surface area (Å²) in [5.74, 6) is -1.10. The third kappa shape index (κ3) is 2.64. The number of hydrogen-bond acceptors (Lipinski definition) is 4. The number of imidazole rings is 1. The van der Waals surface area contributed by atoms with Gasteiger partial charge in [0.05, 0.1) is 10.5 Å². The molecule has 0 radical (unpaired) electrons. The van der Waals surface area contributed by atoms with Crippen LogP contribution in [0, 0.1) is 13.8 Å². The molecule has 0 spiro atoms. The lowest BCUT2D eigenvalue weighted by Crippen LogP contribution is -2.16. The Kier molecular flexibility index (Phi) is 3.49. The zero-order valence-corrected chi connectivity index (χ0v) is 11.7. The van der Waals surface area contributed by atoms with Gasteiger partial charge in [0, 0.05) is 12.4 Å². The lowest BCUT2D eigenvalue weighted by molar-refractivity contribution is 0.0696. The molecule has 7 nitrogen and oxygen atoms in total. The molecule has 1 aromatic heterocycles. The summed E-state index contributed by atoms with van der Waals surface area (Å²) >= 11 is 0. The van der Waals surface area contributed by atoms with E-state index in [0.29, 0.717) is 11.1 Å². The van der Waals surface area contributed by atoms with Crippen LogP contribution in [0.5, 0.6) is 0 Å². The first-order valence-corrected chi connectivity index (χ1v) is 7.16. The summed E-state index contributed by atoms with van der Waals surface area (Å²) in [6.45, 7) is 3.22. The molecule has 0 bridgehead atoms. The number of sulfonamides is 1. The standard InChI is InChI=1S/C12H13N3O4S/c1-7-5-8(2)10(6-9(7)11(16)17)20(18,19)15-12-13-3-4-14-12/h3-6H,1-2H3,(H,16,17)(H2,13,14,15). The maximum Gasteiger partial charge on any atom is 0.335 e. The van der Waals surface area contributed by atoms with E-state index < -0.39 is 16.0 Å². The first kappa shape index (κ1) is 14.1. The second-order valence-electron chi connectivity index (χ2n) is 4.28. The normalized spacial score (nSPS) is 11.3. The number of anilines is 1. The van der Waals surface area contributed by atoms with E-state index in [9.17, 15) is 13.2 Å². The van der Waals surface area contributed by atoms with Gasteiger partial charge in [-0.1, -0.05) is 6.07 Å². The minimum Gasteiger partial charge on any atom is -0.478 e. The molecule has 20 heavy (non-hydrogen) atoms. The Balaban J connectivity index is 2.51. The van der Waals surface area contributed by atoms with E-state index in [1.165, 1.54) is 18.5 Å². The van der Waals surface area contributed by atoms with Crippen LogP contribution in [0.3, 0.4) is 0 Å². The van der Waals surface area contributed by atoms with Crippen molar-refractivity contribution >= 4 is 21.9 Å². The van der Waals surface area contributed by atoms with Crippen LogP contribution >= 0.6 is 0 Å². The molecule has 1 heterocycles. The lowest BCUT2D eigenvalue weighted by Gasteiger charge is -2.11. The second-order valence-corrected chi connectivity index (χ2v) is 5.93. The van der Waals surface area contributed by atoms with Gasteiger partial charge in [0.1, 0.15) is 0 Å². The van der Waals surface area contributed by atoms with Crippen molar-refractivity contribution in [1.82, 2.24) is 9.97 Å². The number of nitrogens with zero attached hydrogens (tertiary/aromatic N) is 1. The van der Waals surface area contributed by atoms with E-state index in [4.69, 9.17) is 5.11 Å². The summed E-state index contributed by atoms with van der Waals surface area (Å²) < 4.78 is 26.7. The van der Waals surface area contributed by atoms with Crippen LogP contribution in [0.4, 0.5) is 5.95 Å². The van der Waals surface area contributed by atoms with E-state index in [2.05, 4.69) is 14.7 Å². The predicted molar refractivity (Wildman–Crippen MR) is 72.3 cm³/mol. The fourth-order valence-electron chi connectivity index (χ4n) is 1.86. The van der Waals surface area contributed by atoms with Crippen molar-refractivity contribution in [2.45, 2.75) is 18.7 Å². The molecule has 0 atom stereocenters. The number of nitrogens with one attached hydrogen (secondary N) is 2. The zero-order chi connectivity index (χ0) is 14.9. The average molecular weight is 295 g/mol. The molecule has 0 saturated carbocycles. The van der Waals surface area contributed by atoms with Gasteiger partial charge in [0.15, 0.2) is 0 Å². The predicted octanol–water partition coefficient (Wildman–Crippen LogP) is 1.53. The maximum absolute atomic E-state index is 12.2. The fourth-order valence-corrected chi connectivity index (χ4v) is 3.09. The minimum atomic E-state index is -3.89. The van der Waals surface area contributed by atoms with Gasteiger partial charge < -0.3 is 10.1 Å². The van der Waals surface area contributed by atoms with Crippen LogP contribution in [0.15, 0.2) is 29.4 Å². The summed E-state index contributed by atoms with van der Waals surface area (Å²) in [6.07, 6.45) is 2.88. The van der Waals surface area contributed by atoms with E-state index in [0.717, 1.165) is 6.07 Å². The van der Waals surface area contributed by atoms with Crippen molar-refractivity contribution in [2.24, 2.45) is 0 Å². The molecule has 0 saturated heterocycles. The first-order chi connectivity index (χ1) is 9.31. The Bertz CT molecular complexity index is 751. The molecule has 0 aliphatic carbocycles. The highest BCUT2D eigenvalue weighted by Gasteiger charge is 2.21. The number of carboxylic acids is 1. The number of aromatic carboxylic acids is 1. The summed E-state index contributed by atoms with van der Waals surface area (Å²) in [4.78, 5) is 17.4. The molecule has 1 aromatic carbocycles.